The van der Waals surface area contributed by atoms with Crippen molar-refractivity contribution in [1.82, 2.24) is 15.2 Å². The molecular weight excluding hydrogens is 134 g/mol. The van der Waals surface area contributed by atoms with Crippen molar-refractivity contribution < 1.29 is 9.90 Å². The molecule has 0 unspecified atom stereocenters. The first-order valence-electron chi connectivity index (χ1n) is 2.58. The quantitative estimate of drug-likeness (QED) is 0.474. The van der Waals surface area contributed by atoms with Crippen LogP contribution in [0.2, 0.25) is 0 Å². The number of carboxylic acids is 1. The van der Waals surface area contributed by atoms with Gasteiger partial charge in [-0.25, -0.2) is 4.98 Å². The molecule has 0 aliphatic carbocycles. The Kier molecular flexibility index (Phi) is 1.57. The highest BCUT2D eigenvalue weighted by molar-refractivity contribution is 5.82. The highest BCUT2D eigenvalue weighted by Crippen LogP contribution is 1.86. The molecule has 0 radical (unpaired) electrons. The molecule has 0 saturated carbocycles. The molecule has 1 heterocycles. The molecule has 1 rings (SSSR count). The van der Waals surface area contributed by atoms with Gasteiger partial charge in [-0.1, -0.05) is 0 Å². The highest BCUT2D eigenvalue weighted by Gasteiger charge is 1.94. The number of carbonyl (C=O) groups is 1. The van der Waals surface area contributed by atoms with Crippen LogP contribution in [0.4, 0.5) is 0 Å². The van der Waals surface area contributed by atoms with Crippen LogP contribution in [0.25, 0.3) is 0 Å². The van der Waals surface area contributed by atoms with E-state index < -0.39 is 5.97 Å². The molecule has 0 saturated heterocycles. The molecule has 0 amide bonds. The van der Waals surface area contributed by atoms with E-state index in [1.54, 1.807) is 6.92 Å². The lowest BCUT2D eigenvalue weighted by atomic mass is 10.5. The van der Waals surface area contributed by atoms with Gasteiger partial charge in [-0.3, -0.25) is 0 Å². The SMILES string of the molecule is Cc1ncc(C(=O)[O-])nn1. The Morgan fingerprint density at radius 2 is 2.30 bits per heavy atom. The Morgan fingerprint density at radius 1 is 1.60 bits per heavy atom. The first-order chi connectivity index (χ1) is 4.70. The van der Waals surface area contributed by atoms with Crippen LogP contribution in [-0.2, 0) is 0 Å². The standard InChI is InChI=1S/C5H5N3O2/c1-3-6-2-4(5(9)10)8-7-3/h2H,1H3,(H,9,10)/p-1. The lowest BCUT2D eigenvalue weighted by Crippen LogP contribution is -2.24. The third kappa shape index (κ3) is 1.25. The number of carboxylic acid groups (broad SMARTS) is 1. The van der Waals surface area contributed by atoms with E-state index >= 15 is 0 Å². The average molecular weight is 138 g/mol. The zero-order valence-electron chi connectivity index (χ0n) is 5.24. The molecule has 5 heteroatoms. The number of hydrogen-bond donors (Lipinski definition) is 0. The van der Waals surface area contributed by atoms with Gasteiger partial charge in [-0.15, -0.1) is 10.2 Å². The van der Waals surface area contributed by atoms with E-state index in [9.17, 15) is 9.90 Å². The van der Waals surface area contributed by atoms with E-state index in [0.29, 0.717) is 5.82 Å². The van der Waals surface area contributed by atoms with Gasteiger partial charge in [0.1, 0.15) is 11.5 Å². The van der Waals surface area contributed by atoms with Gasteiger partial charge in [-0.05, 0) is 6.92 Å². The number of rotatable bonds is 1. The van der Waals surface area contributed by atoms with Crippen LogP contribution in [0, 0.1) is 6.92 Å². The largest absolute Gasteiger partial charge is 0.543 e. The Hall–Kier alpha value is -1.52. The van der Waals surface area contributed by atoms with Crippen molar-refractivity contribution >= 4 is 5.97 Å². The van der Waals surface area contributed by atoms with Gasteiger partial charge in [0, 0.05) is 0 Å². The highest BCUT2D eigenvalue weighted by atomic mass is 16.4. The van der Waals surface area contributed by atoms with E-state index in [1.165, 1.54) is 0 Å². The second-order valence-corrected chi connectivity index (χ2v) is 1.68. The molecule has 5 nitrogen and oxygen atoms in total. The summed E-state index contributed by atoms with van der Waals surface area (Å²) in [5.74, 6) is -0.926. The molecule has 10 heavy (non-hydrogen) atoms. The molecule has 0 aliphatic rings. The predicted molar refractivity (Wildman–Crippen MR) is 28.9 cm³/mol. The Balaban J connectivity index is 3.00. The second kappa shape index (κ2) is 2.38. The molecule has 0 spiro atoms. The third-order valence-corrected chi connectivity index (χ3v) is 0.885. The van der Waals surface area contributed by atoms with E-state index in [-0.39, 0.29) is 5.69 Å². The van der Waals surface area contributed by atoms with Gasteiger partial charge < -0.3 is 9.90 Å². The number of hydrogen-bond acceptors (Lipinski definition) is 5. The van der Waals surface area contributed by atoms with Crippen molar-refractivity contribution in [2.75, 3.05) is 0 Å². The van der Waals surface area contributed by atoms with Crippen molar-refractivity contribution in [3.8, 4) is 0 Å². The summed E-state index contributed by atoms with van der Waals surface area (Å²) in [4.78, 5) is 13.7. The zero-order chi connectivity index (χ0) is 7.56. The van der Waals surface area contributed by atoms with E-state index in [2.05, 4.69) is 15.2 Å². The Labute approximate surface area is 56.7 Å². The molecule has 0 N–H and O–H groups in total. The molecule has 1 aromatic rings. The molecule has 0 aromatic carbocycles. The molecule has 1 aromatic heterocycles. The first-order valence-corrected chi connectivity index (χ1v) is 2.58. The smallest absolute Gasteiger partial charge is 0.147 e. The van der Waals surface area contributed by atoms with Gasteiger partial charge >= 0.3 is 0 Å². The number of aromatic carboxylic acids is 1. The molecule has 0 aliphatic heterocycles. The van der Waals surface area contributed by atoms with Crippen molar-refractivity contribution in [3.63, 3.8) is 0 Å². The number of aryl methyl sites for hydroxylation is 1. The minimum Gasteiger partial charge on any atom is -0.543 e. The molecule has 52 valence electrons. The van der Waals surface area contributed by atoms with Crippen LogP contribution in [-0.4, -0.2) is 21.2 Å². The monoisotopic (exact) mass is 138 g/mol. The molecule has 0 atom stereocenters. The average Bonchev–Trinajstić information content (AvgIpc) is 1.88. The van der Waals surface area contributed by atoms with Crippen LogP contribution in [0.15, 0.2) is 6.20 Å². The summed E-state index contributed by atoms with van der Waals surface area (Å²) in [6, 6.07) is 0. The lowest BCUT2D eigenvalue weighted by molar-refractivity contribution is -0.255. The predicted octanol–water partition coefficient (Wildman–Crippen LogP) is -1.46. The molecule has 0 bridgehead atoms. The van der Waals surface area contributed by atoms with Crippen LogP contribution in [0.1, 0.15) is 16.3 Å². The van der Waals surface area contributed by atoms with Crippen molar-refractivity contribution in [2.24, 2.45) is 0 Å². The van der Waals surface area contributed by atoms with Gasteiger partial charge in [-0.2, -0.15) is 0 Å². The lowest BCUT2D eigenvalue weighted by Gasteiger charge is -1.96. The van der Waals surface area contributed by atoms with E-state index in [0.717, 1.165) is 6.20 Å². The summed E-state index contributed by atoms with van der Waals surface area (Å²) < 4.78 is 0. The van der Waals surface area contributed by atoms with Crippen molar-refractivity contribution in [2.45, 2.75) is 6.92 Å². The maximum atomic E-state index is 10.1. The Bertz CT molecular complexity index is 244. The molecular formula is C5H4N3O2-. The fourth-order valence-corrected chi connectivity index (χ4v) is 0.426. The second-order valence-electron chi connectivity index (χ2n) is 1.68. The van der Waals surface area contributed by atoms with Crippen LogP contribution >= 0.6 is 0 Å². The van der Waals surface area contributed by atoms with Crippen LogP contribution in [0.5, 0.6) is 0 Å². The minimum absolute atomic E-state index is 0.245. The summed E-state index contributed by atoms with van der Waals surface area (Å²) in [6.45, 7) is 1.62. The summed E-state index contributed by atoms with van der Waals surface area (Å²) >= 11 is 0. The fraction of sp³-hybridized carbons (Fsp3) is 0.200. The van der Waals surface area contributed by atoms with Crippen LogP contribution < -0.4 is 5.11 Å². The number of nitrogens with zero attached hydrogens (tertiary/aromatic N) is 3. The maximum Gasteiger partial charge on any atom is 0.147 e. The van der Waals surface area contributed by atoms with Gasteiger partial charge in [0.05, 0.1) is 12.2 Å². The van der Waals surface area contributed by atoms with E-state index in [4.69, 9.17) is 0 Å². The summed E-state index contributed by atoms with van der Waals surface area (Å²) in [6.07, 6.45) is 1.11. The van der Waals surface area contributed by atoms with Crippen LogP contribution in [0.3, 0.4) is 0 Å². The van der Waals surface area contributed by atoms with Gasteiger partial charge in [0.15, 0.2) is 0 Å². The van der Waals surface area contributed by atoms with Gasteiger partial charge in [0.2, 0.25) is 0 Å². The summed E-state index contributed by atoms with van der Waals surface area (Å²) in [5, 5.41) is 16.8. The normalized spacial score (nSPS) is 9.30. The van der Waals surface area contributed by atoms with Crippen molar-refractivity contribution in [1.29, 1.82) is 0 Å². The summed E-state index contributed by atoms with van der Waals surface area (Å²) in [7, 11) is 0. The van der Waals surface area contributed by atoms with Crippen molar-refractivity contribution in [3.05, 3.63) is 17.7 Å². The number of carbonyl (C=O) groups excluding carboxylic acids is 1. The first kappa shape index (κ1) is 6.60. The van der Waals surface area contributed by atoms with E-state index in [1.807, 2.05) is 0 Å². The number of aromatic nitrogens is 3. The Morgan fingerprint density at radius 3 is 2.70 bits per heavy atom. The summed E-state index contributed by atoms with van der Waals surface area (Å²) in [5.41, 5.74) is -0.245. The fourth-order valence-electron chi connectivity index (χ4n) is 0.426. The third-order valence-electron chi connectivity index (χ3n) is 0.885. The topological polar surface area (TPSA) is 78.8 Å². The zero-order valence-corrected chi connectivity index (χ0v) is 5.24. The molecule has 0 fully saturated rings. The maximum absolute atomic E-state index is 10.1. The van der Waals surface area contributed by atoms with Gasteiger partial charge in [0.25, 0.3) is 0 Å². The minimum atomic E-state index is -1.36.